The summed E-state index contributed by atoms with van der Waals surface area (Å²) in [7, 11) is -3.70. The van der Waals surface area contributed by atoms with E-state index < -0.39 is 10.0 Å². The van der Waals surface area contributed by atoms with Crippen LogP contribution in [0.3, 0.4) is 0 Å². The van der Waals surface area contributed by atoms with E-state index in [2.05, 4.69) is 0 Å². The van der Waals surface area contributed by atoms with Gasteiger partial charge in [0.1, 0.15) is 18.1 Å². The van der Waals surface area contributed by atoms with E-state index in [1.807, 2.05) is 0 Å². The molecule has 0 atom stereocenters. The molecule has 0 aliphatic carbocycles. The van der Waals surface area contributed by atoms with Gasteiger partial charge in [-0.25, -0.2) is 12.4 Å². The molecule has 0 radical (unpaired) electrons. The van der Waals surface area contributed by atoms with Crippen molar-refractivity contribution in [3.8, 4) is 5.75 Å². The van der Waals surface area contributed by atoms with Crippen LogP contribution >= 0.6 is 0 Å². The molecule has 1 aliphatic heterocycles. The smallest absolute Gasteiger partial charge is 0.268 e. The van der Waals surface area contributed by atoms with Crippen LogP contribution in [-0.2, 0) is 10.0 Å². The molecule has 23 heavy (non-hydrogen) atoms. The number of benzene rings is 2. The third-order valence-corrected chi connectivity index (χ3v) is 5.49. The molecule has 3 aromatic rings. The number of hydrogen-bond acceptors (Lipinski definition) is 4. The first-order valence-electron chi connectivity index (χ1n) is 7.05. The maximum Gasteiger partial charge on any atom is 0.268 e. The predicted octanol–water partition coefficient (Wildman–Crippen LogP) is 2.60. The fraction of sp³-hybridized carbons (Fsp3) is 0.0588. The van der Waals surface area contributed by atoms with E-state index in [-0.39, 0.29) is 11.5 Å². The average molecular weight is 327 g/mol. The van der Waals surface area contributed by atoms with Gasteiger partial charge in [0.15, 0.2) is 0 Å². The SMILES string of the molecule is O=S(=O)(c1ccccc1)n1cc2c3c(cccc31)OC(CO)=C2. The molecule has 1 aliphatic rings. The van der Waals surface area contributed by atoms with Gasteiger partial charge in [-0.2, -0.15) is 0 Å². The van der Waals surface area contributed by atoms with Crippen LogP contribution in [0, 0.1) is 0 Å². The highest BCUT2D eigenvalue weighted by atomic mass is 32.2. The molecule has 4 rings (SSSR count). The van der Waals surface area contributed by atoms with Crippen molar-refractivity contribution in [1.29, 1.82) is 0 Å². The van der Waals surface area contributed by atoms with Gasteiger partial charge in [0, 0.05) is 11.8 Å². The minimum Gasteiger partial charge on any atom is -0.459 e. The fourth-order valence-electron chi connectivity index (χ4n) is 2.78. The van der Waals surface area contributed by atoms with Gasteiger partial charge in [0.05, 0.1) is 15.8 Å². The monoisotopic (exact) mass is 327 g/mol. The Morgan fingerprint density at radius 2 is 1.83 bits per heavy atom. The van der Waals surface area contributed by atoms with Crippen molar-refractivity contribution in [1.82, 2.24) is 3.97 Å². The van der Waals surface area contributed by atoms with Crippen LogP contribution in [0.25, 0.3) is 17.0 Å². The molecule has 0 unspecified atom stereocenters. The highest BCUT2D eigenvalue weighted by Crippen LogP contribution is 2.37. The lowest BCUT2D eigenvalue weighted by Crippen LogP contribution is -2.11. The molecule has 0 bridgehead atoms. The van der Waals surface area contributed by atoms with Gasteiger partial charge in [-0.1, -0.05) is 24.3 Å². The summed E-state index contributed by atoms with van der Waals surface area (Å²) in [5.74, 6) is 0.936. The summed E-state index contributed by atoms with van der Waals surface area (Å²) in [5, 5.41) is 10.0. The van der Waals surface area contributed by atoms with Gasteiger partial charge in [0.2, 0.25) is 0 Å². The second kappa shape index (κ2) is 4.97. The normalized spacial score (nSPS) is 13.7. The van der Waals surface area contributed by atoms with E-state index >= 15 is 0 Å². The molecule has 0 saturated heterocycles. The number of aliphatic hydroxyl groups is 1. The number of aliphatic hydroxyl groups excluding tert-OH is 1. The standard InChI is InChI=1S/C17H13NO4S/c19-11-13-9-12-10-18(15-7-4-8-16(22-13)17(12)15)23(20,21)14-5-2-1-3-6-14/h1-10,19H,11H2. The Hall–Kier alpha value is -2.57. The Bertz CT molecular complexity index is 1030. The first-order chi connectivity index (χ1) is 11.1. The van der Waals surface area contributed by atoms with E-state index in [1.165, 1.54) is 3.97 Å². The third kappa shape index (κ3) is 2.07. The molecular formula is C17H13NO4S. The van der Waals surface area contributed by atoms with E-state index in [4.69, 9.17) is 4.74 Å². The van der Waals surface area contributed by atoms with E-state index in [0.29, 0.717) is 22.6 Å². The van der Waals surface area contributed by atoms with E-state index in [0.717, 1.165) is 5.39 Å². The van der Waals surface area contributed by atoms with Crippen LogP contribution in [0.5, 0.6) is 5.75 Å². The van der Waals surface area contributed by atoms with Crippen molar-refractivity contribution in [2.75, 3.05) is 6.61 Å². The Balaban J connectivity index is 2.01. The Morgan fingerprint density at radius 3 is 2.57 bits per heavy atom. The van der Waals surface area contributed by atoms with Gasteiger partial charge in [-0.05, 0) is 30.3 Å². The fourth-order valence-corrected chi connectivity index (χ4v) is 4.17. The topological polar surface area (TPSA) is 68.5 Å². The third-order valence-electron chi connectivity index (χ3n) is 3.80. The lowest BCUT2D eigenvalue weighted by Gasteiger charge is -2.14. The molecule has 1 N–H and O–H groups in total. The Kier molecular flexibility index (Phi) is 3.04. The largest absolute Gasteiger partial charge is 0.459 e. The maximum atomic E-state index is 12.9. The summed E-state index contributed by atoms with van der Waals surface area (Å²) in [4.78, 5) is 0.223. The van der Waals surface area contributed by atoms with Crippen LogP contribution in [0.1, 0.15) is 5.56 Å². The quantitative estimate of drug-likeness (QED) is 0.803. The number of hydrogen-bond donors (Lipinski definition) is 1. The Labute approximate surface area is 133 Å². The lowest BCUT2D eigenvalue weighted by molar-refractivity contribution is 0.266. The minimum atomic E-state index is -3.70. The van der Waals surface area contributed by atoms with Crippen LogP contribution in [0.4, 0.5) is 0 Å². The molecular weight excluding hydrogens is 314 g/mol. The van der Waals surface area contributed by atoms with Crippen LogP contribution < -0.4 is 4.74 Å². The first-order valence-corrected chi connectivity index (χ1v) is 8.49. The summed E-state index contributed by atoms with van der Waals surface area (Å²) in [5.41, 5.74) is 1.26. The number of rotatable bonds is 3. The van der Waals surface area contributed by atoms with Gasteiger partial charge in [-0.15, -0.1) is 0 Å². The van der Waals surface area contributed by atoms with Crippen molar-refractivity contribution < 1.29 is 18.3 Å². The summed E-state index contributed by atoms with van der Waals surface area (Å²) in [6.07, 6.45) is 3.22. The van der Waals surface area contributed by atoms with Crippen molar-refractivity contribution in [2.45, 2.75) is 4.90 Å². The van der Waals surface area contributed by atoms with Crippen molar-refractivity contribution in [2.24, 2.45) is 0 Å². The highest BCUT2D eigenvalue weighted by Gasteiger charge is 2.24. The zero-order valence-electron chi connectivity index (χ0n) is 12.0. The number of ether oxygens (including phenoxy) is 1. The van der Waals surface area contributed by atoms with Crippen molar-refractivity contribution >= 4 is 27.0 Å². The second-order valence-electron chi connectivity index (χ2n) is 5.22. The molecule has 2 heterocycles. The molecule has 5 nitrogen and oxygen atoms in total. The molecule has 116 valence electrons. The predicted molar refractivity (Wildman–Crippen MR) is 86.7 cm³/mol. The van der Waals surface area contributed by atoms with Gasteiger partial charge in [-0.3, -0.25) is 0 Å². The van der Waals surface area contributed by atoms with E-state index in [1.54, 1.807) is 60.8 Å². The molecule has 0 fully saturated rings. The first kappa shape index (κ1) is 14.0. The van der Waals surface area contributed by atoms with E-state index in [9.17, 15) is 13.5 Å². The number of aromatic nitrogens is 1. The summed E-state index contributed by atoms with van der Waals surface area (Å²) in [6, 6.07) is 13.5. The van der Waals surface area contributed by atoms with Crippen molar-refractivity contribution in [3.05, 3.63) is 66.1 Å². The minimum absolute atomic E-state index is 0.223. The summed E-state index contributed by atoms with van der Waals surface area (Å²) >= 11 is 0. The second-order valence-corrected chi connectivity index (χ2v) is 7.03. The van der Waals surface area contributed by atoms with Crippen molar-refractivity contribution in [3.63, 3.8) is 0 Å². The molecule has 0 saturated carbocycles. The molecule has 0 amide bonds. The molecule has 2 aromatic carbocycles. The van der Waals surface area contributed by atoms with Crippen LogP contribution in [0.2, 0.25) is 0 Å². The maximum absolute atomic E-state index is 12.9. The molecule has 1 aromatic heterocycles. The molecule has 0 spiro atoms. The zero-order valence-corrected chi connectivity index (χ0v) is 12.8. The van der Waals surface area contributed by atoms with Gasteiger partial charge in [0.25, 0.3) is 10.0 Å². The summed E-state index contributed by atoms with van der Waals surface area (Å²) in [6.45, 7) is -0.244. The zero-order chi connectivity index (χ0) is 16.0. The Morgan fingerprint density at radius 1 is 1.04 bits per heavy atom. The van der Waals surface area contributed by atoms with Gasteiger partial charge < -0.3 is 9.84 Å². The molecule has 6 heteroatoms. The van der Waals surface area contributed by atoms with Crippen LogP contribution in [0.15, 0.2) is 65.4 Å². The lowest BCUT2D eigenvalue weighted by atomic mass is 10.1. The van der Waals surface area contributed by atoms with Gasteiger partial charge >= 0.3 is 0 Å². The highest BCUT2D eigenvalue weighted by molar-refractivity contribution is 7.90. The van der Waals surface area contributed by atoms with Crippen LogP contribution in [-0.4, -0.2) is 24.1 Å². The number of nitrogens with zero attached hydrogens (tertiary/aromatic N) is 1. The average Bonchev–Trinajstić information content (AvgIpc) is 2.97. The summed E-state index contributed by atoms with van der Waals surface area (Å²) < 4.78 is 32.7.